The summed E-state index contributed by atoms with van der Waals surface area (Å²) in [5.74, 6) is 2.91. The van der Waals surface area contributed by atoms with Crippen LogP contribution in [-0.4, -0.2) is 71.9 Å². The van der Waals surface area contributed by atoms with Crippen LogP contribution in [0.1, 0.15) is 25.3 Å². The van der Waals surface area contributed by atoms with Crippen molar-refractivity contribution in [2.24, 2.45) is 10.4 Å². The lowest BCUT2D eigenvalue weighted by Gasteiger charge is -2.25. The average molecular weight is 537 g/mol. The van der Waals surface area contributed by atoms with E-state index >= 15 is 0 Å². The molecule has 0 radical (unpaired) electrons. The number of aliphatic hydroxyl groups is 1. The van der Waals surface area contributed by atoms with Gasteiger partial charge in [0, 0.05) is 49.4 Å². The van der Waals surface area contributed by atoms with Gasteiger partial charge in [-0.1, -0.05) is 0 Å². The number of aliphatic hydroxyl groups excluding tert-OH is 1. The first-order valence-electron chi connectivity index (χ1n) is 10.1. The first kappa shape index (κ1) is 26.6. The Hall–Kier alpha value is -1.46. The van der Waals surface area contributed by atoms with Crippen molar-refractivity contribution in [3.63, 3.8) is 0 Å². The largest absolute Gasteiger partial charge is 0.496 e. The van der Waals surface area contributed by atoms with Crippen LogP contribution in [0.2, 0.25) is 0 Å². The van der Waals surface area contributed by atoms with Gasteiger partial charge in [0.25, 0.3) is 0 Å². The molecule has 1 aromatic carbocycles. The minimum atomic E-state index is -0.0699. The second-order valence-corrected chi connectivity index (χ2v) is 7.16. The number of benzene rings is 1. The van der Waals surface area contributed by atoms with Crippen LogP contribution >= 0.6 is 24.0 Å². The lowest BCUT2D eigenvalue weighted by molar-refractivity contribution is 0.131. The van der Waals surface area contributed by atoms with Gasteiger partial charge in [-0.05, 0) is 26.2 Å². The molecule has 1 heterocycles. The Morgan fingerprint density at radius 2 is 1.87 bits per heavy atom. The highest BCUT2D eigenvalue weighted by atomic mass is 127. The van der Waals surface area contributed by atoms with Crippen molar-refractivity contribution in [1.29, 1.82) is 0 Å². The zero-order chi connectivity index (χ0) is 21.1. The molecule has 30 heavy (non-hydrogen) atoms. The molecule has 1 saturated heterocycles. The summed E-state index contributed by atoms with van der Waals surface area (Å²) in [6.07, 6.45) is 2.33. The zero-order valence-electron chi connectivity index (χ0n) is 18.5. The first-order valence-corrected chi connectivity index (χ1v) is 10.1. The van der Waals surface area contributed by atoms with Gasteiger partial charge in [0.15, 0.2) is 5.96 Å². The molecule has 3 N–H and O–H groups in total. The Balaban J connectivity index is 0.00000450. The van der Waals surface area contributed by atoms with Crippen LogP contribution in [0, 0.1) is 5.41 Å². The molecule has 1 atom stereocenters. The second-order valence-electron chi connectivity index (χ2n) is 7.16. The molecule has 1 aliphatic heterocycles. The van der Waals surface area contributed by atoms with Crippen LogP contribution < -0.4 is 24.8 Å². The lowest BCUT2D eigenvalue weighted by Crippen LogP contribution is -2.39. The van der Waals surface area contributed by atoms with Crippen LogP contribution in [0.25, 0.3) is 0 Å². The SMILES string of the molecule is CCNC(=NCC1(CCO)CCOC1)NCCc1c(OC)cc(OC)cc1OC.I. The number of guanidine groups is 1. The lowest BCUT2D eigenvalue weighted by atomic mass is 9.84. The Morgan fingerprint density at radius 3 is 2.37 bits per heavy atom. The van der Waals surface area contributed by atoms with E-state index in [-0.39, 0.29) is 36.0 Å². The third-order valence-corrected chi connectivity index (χ3v) is 5.23. The molecule has 9 heteroatoms. The van der Waals surface area contributed by atoms with Crippen LogP contribution in [0.3, 0.4) is 0 Å². The molecule has 1 aromatic rings. The molecule has 0 bridgehead atoms. The van der Waals surface area contributed by atoms with Gasteiger partial charge in [-0.25, -0.2) is 0 Å². The molecule has 172 valence electrons. The number of ether oxygens (including phenoxy) is 4. The maximum absolute atomic E-state index is 9.40. The number of aliphatic imine (C=N–C) groups is 1. The summed E-state index contributed by atoms with van der Waals surface area (Å²) in [5, 5.41) is 16.1. The van der Waals surface area contributed by atoms with Crippen LogP contribution in [0.5, 0.6) is 17.2 Å². The maximum atomic E-state index is 9.40. The van der Waals surface area contributed by atoms with Gasteiger partial charge in [0.2, 0.25) is 0 Å². The van der Waals surface area contributed by atoms with Gasteiger partial charge in [0.05, 0.1) is 34.5 Å². The molecular weight excluding hydrogens is 501 g/mol. The quantitative estimate of drug-likeness (QED) is 0.227. The van der Waals surface area contributed by atoms with Crippen LogP contribution in [0.4, 0.5) is 0 Å². The van der Waals surface area contributed by atoms with Gasteiger partial charge in [-0.15, -0.1) is 24.0 Å². The Morgan fingerprint density at radius 1 is 1.17 bits per heavy atom. The Labute approximate surface area is 196 Å². The Bertz CT molecular complexity index is 641. The van der Waals surface area contributed by atoms with E-state index in [1.54, 1.807) is 21.3 Å². The summed E-state index contributed by atoms with van der Waals surface area (Å²) in [5.41, 5.74) is 0.902. The number of hydrogen-bond donors (Lipinski definition) is 3. The predicted molar refractivity (Wildman–Crippen MR) is 129 cm³/mol. The highest BCUT2D eigenvalue weighted by Crippen LogP contribution is 2.34. The van der Waals surface area contributed by atoms with Gasteiger partial charge in [-0.2, -0.15) is 0 Å². The van der Waals surface area contributed by atoms with Crippen molar-refractivity contribution in [2.45, 2.75) is 26.2 Å². The molecule has 0 amide bonds. The third-order valence-electron chi connectivity index (χ3n) is 5.23. The molecule has 2 rings (SSSR count). The number of methoxy groups -OCH3 is 3. The van der Waals surface area contributed by atoms with Gasteiger partial charge < -0.3 is 34.7 Å². The number of nitrogens with zero attached hydrogens (tertiary/aromatic N) is 1. The van der Waals surface area contributed by atoms with Crippen molar-refractivity contribution in [3.05, 3.63) is 17.7 Å². The van der Waals surface area contributed by atoms with E-state index in [9.17, 15) is 5.11 Å². The van der Waals surface area contributed by atoms with Gasteiger partial charge in [-0.3, -0.25) is 4.99 Å². The number of hydrogen-bond acceptors (Lipinski definition) is 6. The summed E-state index contributed by atoms with van der Waals surface area (Å²) in [6.45, 7) is 5.62. The van der Waals surface area contributed by atoms with Crippen LogP contribution in [-0.2, 0) is 11.2 Å². The van der Waals surface area contributed by atoms with E-state index in [0.717, 1.165) is 42.6 Å². The van der Waals surface area contributed by atoms with Gasteiger partial charge in [0.1, 0.15) is 17.2 Å². The fraction of sp³-hybridized carbons (Fsp3) is 0.667. The molecule has 1 unspecified atom stereocenters. The number of halogens is 1. The maximum Gasteiger partial charge on any atom is 0.191 e. The second kappa shape index (κ2) is 13.8. The highest BCUT2D eigenvalue weighted by molar-refractivity contribution is 14.0. The monoisotopic (exact) mass is 537 g/mol. The third kappa shape index (κ3) is 7.35. The molecule has 0 saturated carbocycles. The molecule has 1 aliphatic rings. The van der Waals surface area contributed by atoms with Crippen molar-refractivity contribution in [1.82, 2.24) is 10.6 Å². The summed E-state index contributed by atoms with van der Waals surface area (Å²) < 4.78 is 21.9. The topological polar surface area (TPSA) is 93.6 Å². The molecule has 0 aliphatic carbocycles. The first-order chi connectivity index (χ1) is 14.1. The predicted octanol–water partition coefficient (Wildman–Crippen LogP) is 2.22. The van der Waals surface area contributed by atoms with Crippen molar-refractivity contribution >= 4 is 29.9 Å². The number of rotatable bonds is 11. The Kier molecular flexibility index (Phi) is 12.2. The van der Waals surface area contributed by atoms with E-state index in [1.807, 2.05) is 19.1 Å². The summed E-state index contributed by atoms with van der Waals surface area (Å²) >= 11 is 0. The van der Waals surface area contributed by atoms with Crippen molar-refractivity contribution < 1.29 is 24.1 Å². The minimum absolute atomic E-state index is 0. The van der Waals surface area contributed by atoms with E-state index < -0.39 is 0 Å². The average Bonchev–Trinajstić information content (AvgIpc) is 3.20. The summed E-state index contributed by atoms with van der Waals surface area (Å²) in [4.78, 5) is 4.75. The van der Waals surface area contributed by atoms with E-state index in [2.05, 4.69) is 10.6 Å². The van der Waals surface area contributed by atoms with E-state index in [0.29, 0.717) is 38.3 Å². The summed E-state index contributed by atoms with van der Waals surface area (Å²) in [6, 6.07) is 3.71. The normalized spacial score (nSPS) is 18.5. The standard InChI is InChI=1S/C21H35N3O5.HI/c1-5-22-20(24-14-21(7-10-25)8-11-29-15-21)23-9-6-17-18(27-3)12-16(26-2)13-19(17)28-4;/h12-13,25H,5-11,14-15H2,1-4H3,(H2,22,23,24);1H. The molecular formula is C21H36IN3O5. The zero-order valence-corrected chi connectivity index (χ0v) is 20.8. The van der Waals surface area contributed by atoms with Gasteiger partial charge >= 0.3 is 0 Å². The van der Waals surface area contributed by atoms with Crippen LogP contribution in [0.15, 0.2) is 17.1 Å². The van der Waals surface area contributed by atoms with E-state index in [1.165, 1.54) is 0 Å². The molecule has 0 aromatic heterocycles. The smallest absolute Gasteiger partial charge is 0.191 e. The fourth-order valence-electron chi connectivity index (χ4n) is 3.51. The molecule has 8 nitrogen and oxygen atoms in total. The van der Waals surface area contributed by atoms with Crippen molar-refractivity contribution in [2.75, 3.05) is 60.8 Å². The van der Waals surface area contributed by atoms with E-state index in [4.69, 9.17) is 23.9 Å². The van der Waals surface area contributed by atoms with Crippen molar-refractivity contribution in [3.8, 4) is 17.2 Å². The molecule has 1 fully saturated rings. The molecule has 0 spiro atoms. The number of nitrogens with one attached hydrogen (secondary N) is 2. The highest BCUT2D eigenvalue weighted by Gasteiger charge is 2.34. The summed E-state index contributed by atoms with van der Waals surface area (Å²) in [7, 11) is 4.90. The fourth-order valence-corrected chi connectivity index (χ4v) is 3.51. The minimum Gasteiger partial charge on any atom is -0.496 e.